The van der Waals surface area contributed by atoms with Crippen molar-refractivity contribution in [3.63, 3.8) is 0 Å². The first-order valence-corrected chi connectivity index (χ1v) is 10.3. The Morgan fingerprint density at radius 1 is 1.14 bits per heavy atom. The maximum atomic E-state index is 13.4. The van der Waals surface area contributed by atoms with Gasteiger partial charge in [0.15, 0.2) is 0 Å². The van der Waals surface area contributed by atoms with Gasteiger partial charge in [-0.2, -0.15) is 0 Å². The van der Waals surface area contributed by atoms with E-state index in [1.165, 1.54) is 12.1 Å². The molecule has 3 rings (SSSR count). The van der Waals surface area contributed by atoms with Gasteiger partial charge in [0.05, 0.1) is 0 Å². The molecule has 0 aliphatic carbocycles. The summed E-state index contributed by atoms with van der Waals surface area (Å²) in [5, 5.41) is 7.44. The Labute approximate surface area is 175 Å². The second-order valence-corrected chi connectivity index (χ2v) is 8.55. The molecular weight excluding hydrogens is 398 g/mol. The lowest BCUT2D eigenvalue weighted by atomic mass is 9.66. The van der Waals surface area contributed by atoms with Crippen LogP contribution < -0.4 is 10.6 Å². The van der Waals surface area contributed by atoms with Crippen LogP contribution in [0.3, 0.4) is 0 Å². The normalized spacial score (nSPS) is 17.1. The van der Waals surface area contributed by atoms with E-state index in [2.05, 4.69) is 17.6 Å². The van der Waals surface area contributed by atoms with Gasteiger partial charge in [0.2, 0.25) is 5.91 Å². The van der Waals surface area contributed by atoms with E-state index in [-0.39, 0.29) is 17.1 Å². The van der Waals surface area contributed by atoms with Crippen LogP contribution in [-0.4, -0.2) is 19.0 Å². The van der Waals surface area contributed by atoms with Crippen molar-refractivity contribution in [2.75, 3.05) is 13.1 Å². The third-order valence-electron chi connectivity index (χ3n) is 5.68. The third-order valence-corrected chi connectivity index (χ3v) is 6.12. The van der Waals surface area contributed by atoms with Crippen LogP contribution in [-0.2, 0) is 16.8 Å². The van der Waals surface area contributed by atoms with Gasteiger partial charge in [-0.15, -0.1) is 0 Å². The van der Waals surface area contributed by atoms with Crippen molar-refractivity contribution in [2.45, 2.75) is 38.1 Å². The molecule has 1 aliphatic rings. The summed E-state index contributed by atoms with van der Waals surface area (Å²) >= 11 is 12.1. The number of piperidine rings is 1. The maximum Gasteiger partial charge on any atom is 0.221 e. The summed E-state index contributed by atoms with van der Waals surface area (Å²) in [6.07, 6.45) is 2.33. The van der Waals surface area contributed by atoms with Crippen LogP contribution in [0, 0.1) is 11.7 Å². The lowest BCUT2D eigenvalue weighted by molar-refractivity contribution is -0.123. The van der Waals surface area contributed by atoms with E-state index in [0.29, 0.717) is 28.9 Å². The maximum absolute atomic E-state index is 13.4. The monoisotopic (exact) mass is 422 g/mol. The number of amides is 1. The highest BCUT2D eigenvalue weighted by molar-refractivity contribution is 6.34. The summed E-state index contributed by atoms with van der Waals surface area (Å²) in [5.74, 6) is 0.0470. The van der Waals surface area contributed by atoms with Crippen LogP contribution in [0.4, 0.5) is 4.39 Å². The topological polar surface area (TPSA) is 41.1 Å². The molecule has 1 fully saturated rings. The Hall–Kier alpha value is -1.62. The number of hydrogen-bond acceptors (Lipinski definition) is 2. The Bertz CT molecular complexity index is 802. The van der Waals surface area contributed by atoms with E-state index in [9.17, 15) is 9.18 Å². The van der Waals surface area contributed by atoms with Crippen molar-refractivity contribution in [1.82, 2.24) is 10.6 Å². The number of carbonyl (C=O) groups excluding carboxylic acids is 1. The zero-order valence-corrected chi connectivity index (χ0v) is 17.4. The van der Waals surface area contributed by atoms with Gasteiger partial charge in [-0.05, 0) is 73.3 Å². The molecular formula is C22H25Cl2FN2O. The second-order valence-electron chi connectivity index (χ2n) is 7.68. The molecule has 2 aromatic rings. The van der Waals surface area contributed by atoms with Crippen molar-refractivity contribution in [3.05, 3.63) is 69.5 Å². The van der Waals surface area contributed by atoms with E-state index in [1.807, 2.05) is 0 Å². The van der Waals surface area contributed by atoms with Crippen LogP contribution in [0.25, 0.3) is 0 Å². The largest absolute Gasteiger partial charge is 0.352 e. The molecule has 0 aromatic heterocycles. The standard InChI is InChI=1S/C22H25Cl2FN2O/c1-22(17-6-8-26-9-7-17,16-2-4-20(25)5-3-16)13-21(28)27-14-15-10-18(23)12-19(24)11-15/h2-5,10-12,17,26H,6-9,13-14H2,1H3,(H,27,28). The molecule has 6 heteroatoms. The predicted molar refractivity (Wildman–Crippen MR) is 112 cm³/mol. The summed E-state index contributed by atoms with van der Waals surface area (Å²) in [6, 6.07) is 11.8. The molecule has 1 amide bonds. The Morgan fingerprint density at radius 2 is 1.75 bits per heavy atom. The van der Waals surface area contributed by atoms with Gasteiger partial charge in [0, 0.05) is 28.4 Å². The lowest BCUT2D eigenvalue weighted by Crippen LogP contribution is -2.43. The highest BCUT2D eigenvalue weighted by atomic mass is 35.5. The van der Waals surface area contributed by atoms with Crippen LogP contribution in [0.2, 0.25) is 10.0 Å². The van der Waals surface area contributed by atoms with Gasteiger partial charge < -0.3 is 10.6 Å². The highest BCUT2D eigenvalue weighted by Gasteiger charge is 2.38. The molecule has 2 aromatic carbocycles. The van der Waals surface area contributed by atoms with Crippen molar-refractivity contribution >= 4 is 29.1 Å². The van der Waals surface area contributed by atoms with Crippen molar-refractivity contribution < 1.29 is 9.18 Å². The Morgan fingerprint density at radius 3 is 2.36 bits per heavy atom. The smallest absolute Gasteiger partial charge is 0.221 e. The number of nitrogens with one attached hydrogen (secondary N) is 2. The number of hydrogen-bond donors (Lipinski definition) is 2. The van der Waals surface area contributed by atoms with Crippen molar-refractivity contribution in [1.29, 1.82) is 0 Å². The zero-order valence-electron chi connectivity index (χ0n) is 15.9. The molecule has 1 saturated heterocycles. The minimum absolute atomic E-state index is 0.0403. The molecule has 1 unspecified atom stereocenters. The van der Waals surface area contributed by atoms with E-state index in [4.69, 9.17) is 23.2 Å². The predicted octanol–water partition coefficient (Wildman–Crippen LogP) is 5.10. The van der Waals surface area contributed by atoms with Crippen molar-refractivity contribution in [2.24, 2.45) is 5.92 Å². The average molecular weight is 423 g/mol. The molecule has 0 saturated carbocycles. The molecule has 3 nitrogen and oxygen atoms in total. The molecule has 2 N–H and O–H groups in total. The minimum atomic E-state index is -0.355. The fourth-order valence-electron chi connectivity index (χ4n) is 4.08. The average Bonchev–Trinajstić information content (AvgIpc) is 2.67. The number of halogens is 3. The fraction of sp³-hybridized carbons (Fsp3) is 0.409. The number of benzene rings is 2. The highest BCUT2D eigenvalue weighted by Crippen LogP contribution is 2.40. The van der Waals surface area contributed by atoms with E-state index < -0.39 is 0 Å². The fourth-order valence-corrected chi connectivity index (χ4v) is 4.65. The number of carbonyl (C=O) groups is 1. The van der Waals surface area contributed by atoms with Gasteiger partial charge in [-0.1, -0.05) is 42.3 Å². The first-order valence-electron chi connectivity index (χ1n) is 9.55. The summed E-state index contributed by atoms with van der Waals surface area (Å²) in [5.41, 5.74) is 1.50. The summed E-state index contributed by atoms with van der Waals surface area (Å²) in [4.78, 5) is 12.8. The zero-order chi connectivity index (χ0) is 20.1. The molecule has 150 valence electrons. The quantitative estimate of drug-likeness (QED) is 0.679. The van der Waals surface area contributed by atoms with E-state index in [1.54, 1.807) is 30.3 Å². The van der Waals surface area contributed by atoms with Crippen LogP contribution in [0.1, 0.15) is 37.3 Å². The van der Waals surface area contributed by atoms with E-state index >= 15 is 0 Å². The molecule has 0 radical (unpaired) electrons. The number of rotatable bonds is 6. The molecule has 0 bridgehead atoms. The Balaban J connectivity index is 1.74. The first kappa shape index (κ1) is 21.1. The molecule has 28 heavy (non-hydrogen) atoms. The third kappa shape index (κ3) is 5.25. The molecule has 1 atom stereocenters. The van der Waals surface area contributed by atoms with Gasteiger partial charge in [-0.25, -0.2) is 4.39 Å². The van der Waals surface area contributed by atoms with Crippen LogP contribution in [0.15, 0.2) is 42.5 Å². The van der Waals surface area contributed by atoms with Gasteiger partial charge in [0.1, 0.15) is 5.82 Å². The minimum Gasteiger partial charge on any atom is -0.352 e. The van der Waals surface area contributed by atoms with Crippen molar-refractivity contribution in [3.8, 4) is 0 Å². The van der Waals surface area contributed by atoms with E-state index in [0.717, 1.165) is 37.1 Å². The molecule has 1 heterocycles. The van der Waals surface area contributed by atoms with Crippen LogP contribution >= 0.6 is 23.2 Å². The molecule has 0 spiro atoms. The van der Waals surface area contributed by atoms with Gasteiger partial charge in [0.25, 0.3) is 0 Å². The lowest BCUT2D eigenvalue weighted by Gasteiger charge is -2.40. The van der Waals surface area contributed by atoms with Gasteiger partial charge in [-0.3, -0.25) is 4.79 Å². The summed E-state index contributed by atoms with van der Waals surface area (Å²) in [6.45, 7) is 4.35. The first-order chi connectivity index (χ1) is 13.4. The van der Waals surface area contributed by atoms with Crippen LogP contribution in [0.5, 0.6) is 0 Å². The molecule has 1 aliphatic heterocycles. The Kier molecular flexibility index (Phi) is 6.97. The summed E-state index contributed by atoms with van der Waals surface area (Å²) in [7, 11) is 0. The second kappa shape index (κ2) is 9.25. The SMILES string of the molecule is CC(CC(=O)NCc1cc(Cl)cc(Cl)c1)(c1ccc(F)cc1)C1CCNCC1. The van der Waals surface area contributed by atoms with Gasteiger partial charge >= 0.3 is 0 Å². The summed E-state index contributed by atoms with van der Waals surface area (Å²) < 4.78 is 13.4.